The van der Waals surface area contributed by atoms with Crippen molar-refractivity contribution in [1.29, 1.82) is 0 Å². The molecular formula is C26H22N2O5S. The molecule has 4 rings (SSSR count). The van der Waals surface area contributed by atoms with E-state index in [2.05, 4.69) is 5.32 Å². The summed E-state index contributed by atoms with van der Waals surface area (Å²) >= 11 is 0.762. The Labute approximate surface area is 200 Å². The van der Waals surface area contributed by atoms with E-state index in [1.54, 1.807) is 42.5 Å². The highest BCUT2D eigenvalue weighted by molar-refractivity contribution is 8.18. The fourth-order valence-electron chi connectivity index (χ4n) is 3.44. The molecule has 0 spiro atoms. The van der Waals surface area contributed by atoms with Crippen LogP contribution in [-0.2, 0) is 9.59 Å². The van der Waals surface area contributed by atoms with Gasteiger partial charge in [-0.05, 0) is 61.9 Å². The van der Waals surface area contributed by atoms with Gasteiger partial charge < -0.3 is 9.73 Å². The topological polar surface area (TPSA) is 96.7 Å². The van der Waals surface area contributed by atoms with E-state index in [4.69, 9.17) is 4.42 Å². The maximum absolute atomic E-state index is 12.8. The first-order valence-corrected chi connectivity index (χ1v) is 11.4. The second kappa shape index (κ2) is 9.52. The number of carbonyl (C=O) groups excluding carboxylic acids is 4. The van der Waals surface area contributed by atoms with Gasteiger partial charge >= 0.3 is 0 Å². The number of rotatable bonds is 6. The smallest absolute Gasteiger partial charge is 0.294 e. The van der Waals surface area contributed by atoms with Gasteiger partial charge in [-0.2, -0.15) is 0 Å². The van der Waals surface area contributed by atoms with Crippen LogP contribution in [0.4, 0.5) is 10.5 Å². The van der Waals surface area contributed by atoms with Crippen LogP contribution < -0.4 is 5.32 Å². The van der Waals surface area contributed by atoms with E-state index in [0.29, 0.717) is 22.8 Å². The molecule has 2 aromatic carbocycles. The SMILES string of the molecule is CC(=O)c1ccc(-c2ccc(/C=C3/SC(=O)N(CC(=O)Nc4cccc(C)c4C)C3=O)o2)cc1. The van der Waals surface area contributed by atoms with Gasteiger partial charge in [0.05, 0.1) is 4.91 Å². The Morgan fingerprint density at radius 2 is 1.76 bits per heavy atom. The van der Waals surface area contributed by atoms with Crippen LogP contribution in [0.3, 0.4) is 0 Å². The van der Waals surface area contributed by atoms with Crippen molar-refractivity contribution in [1.82, 2.24) is 4.90 Å². The van der Waals surface area contributed by atoms with Gasteiger partial charge in [-0.1, -0.05) is 36.4 Å². The summed E-state index contributed by atoms with van der Waals surface area (Å²) in [5.41, 5.74) is 3.98. The minimum absolute atomic E-state index is 0.0230. The molecule has 0 atom stereocenters. The number of ketones is 1. The minimum atomic E-state index is -0.546. The number of amides is 3. The van der Waals surface area contributed by atoms with E-state index in [1.807, 2.05) is 26.0 Å². The molecule has 172 valence electrons. The van der Waals surface area contributed by atoms with Gasteiger partial charge in [-0.3, -0.25) is 24.1 Å². The summed E-state index contributed by atoms with van der Waals surface area (Å²) in [4.78, 5) is 50.2. The third-order valence-electron chi connectivity index (χ3n) is 5.53. The number of benzene rings is 2. The summed E-state index contributed by atoms with van der Waals surface area (Å²) in [6.45, 7) is 4.96. The lowest BCUT2D eigenvalue weighted by molar-refractivity contribution is -0.127. The summed E-state index contributed by atoms with van der Waals surface area (Å²) in [7, 11) is 0. The van der Waals surface area contributed by atoms with E-state index in [0.717, 1.165) is 33.4 Å². The Morgan fingerprint density at radius 3 is 2.47 bits per heavy atom. The molecular weight excluding hydrogens is 452 g/mol. The summed E-state index contributed by atoms with van der Waals surface area (Å²) in [5, 5.41) is 2.25. The van der Waals surface area contributed by atoms with Crippen LogP contribution in [0.2, 0.25) is 0 Å². The van der Waals surface area contributed by atoms with Crippen molar-refractivity contribution in [3.8, 4) is 11.3 Å². The number of anilines is 1. The number of imide groups is 1. The summed E-state index contributed by atoms with van der Waals surface area (Å²) in [6.07, 6.45) is 1.49. The lowest BCUT2D eigenvalue weighted by Crippen LogP contribution is -2.36. The van der Waals surface area contributed by atoms with E-state index in [1.165, 1.54) is 13.0 Å². The molecule has 0 saturated carbocycles. The molecule has 1 fully saturated rings. The van der Waals surface area contributed by atoms with Crippen LogP contribution in [0.1, 0.15) is 34.2 Å². The monoisotopic (exact) mass is 474 g/mol. The number of Topliss-reactive ketones (excluding diaryl/α,β-unsaturated/α-hetero) is 1. The van der Waals surface area contributed by atoms with Crippen molar-refractivity contribution in [2.75, 3.05) is 11.9 Å². The molecule has 8 heteroatoms. The Bertz CT molecular complexity index is 1340. The summed E-state index contributed by atoms with van der Waals surface area (Å²) in [5.74, 6) is -0.0593. The molecule has 1 saturated heterocycles. The third-order valence-corrected chi connectivity index (χ3v) is 6.44. The average Bonchev–Trinajstić information content (AvgIpc) is 3.37. The number of carbonyl (C=O) groups is 4. The van der Waals surface area contributed by atoms with Gasteiger partial charge in [0.1, 0.15) is 18.1 Å². The Kier molecular flexibility index (Phi) is 6.51. The quantitative estimate of drug-likeness (QED) is 0.377. The predicted molar refractivity (Wildman–Crippen MR) is 131 cm³/mol. The van der Waals surface area contributed by atoms with Crippen molar-refractivity contribution < 1.29 is 23.6 Å². The van der Waals surface area contributed by atoms with Crippen molar-refractivity contribution in [3.05, 3.63) is 82.0 Å². The first-order chi connectivity index (χ1) is 16.2. The number of nitrogens with one attached hydrogen (secondary N) is 1. The van der Waals surface area contributed by atoms with Crippen LogP contribution in [0.5, 0.6) is 0 Å². The highest BCUT2D eigenvalue weighted by Crippen LogP contribution is 2.33. The van der Waals surface area contributed by atoms with Crippen LogP contribution in [0.15, 0.2) is 63.9 Å². The van der Waals surface area contributed by atoms with Gasteiger partial charge in [0.2, 0.25) is 5.91 Å². The van der Waals surface area contributed by atoms with E-state index >= 15 is 0 Å². The lowest BCUT2D eigenvalue weighted by atomic mass is 10.1. The molecule has 0 radical (unpaired) electrons. The number of furan rings is 1. The highest BCUT2D eigenvalue weighted by Gasteiger charge is 2.36. The molecule has 7 nitrogen and oxygen atoms in total. The summed E-state index contributed by atoms with van der Waals surface area (Å²) in [6, 6.07) is 16.0. The van der Waals surface area contributed by atoms with E-state index in [9.17, 15) is 19.2 Å². The highest BCUT2D eigenvalue weighted by atomic mass is 32.2. The maximum atomic E-state index is 12.8. The zero-order valence-corrected chi connectivity index (χ0v) is 19.7. The van der Waals surface area contributed by atoms with Gasteiger partial charge in [0.15, 0.2) is 5.78 Å². The molecule has 1 aromatic heterocycles. The van der Waals surface area contributed by atoms with Gasteiger partial charge in [0.25, 0.3) is 11.1 Å². The van der Waals surface area contributed by atoms with E-state index < -0.39 is 17.1 Å². The zero-order chi connectivity index (χ0) is 24.4. The van der Waals surface area contributed by atoms with Crippen molar-refractivity contribution in [2.24, 2.45) is 0 Å². The molecule has 3 aromatic rings. The van der Waals surface area contributed by atoms with Crippen molar-refractivity contribution in [2.45, 2.75) is 20.8 Å². The molecule has 1 aliphatic rings. The fraction of sp³-hybridized carbons (Fsp3) is 0.154. The number of aryl methyl sites for hydroxylation is 1. The van der Waals surface area contributed by atoms with Gasteiger partial charge in [-0.25, -0.2) is 0 Å². The van der Waals surface area contributed by atoms with E-state index in [-0.39, 0.29) is 17.2 Å². The van der Waals surface area contributed by atoms with Crippen LogP contribution in [0, 0.1) is 13.8 Å². The number of thioether (sulfide) groups is 1. The Morgan fingerprint density at radius 1 is 1.03 bits per heavy atom. The molecule has 1 aliphatic heterocycles. The number of hydrogen-bond acceptors (Lipinski definition) is 6. The fourth-order valence-corrected chi connectivity index (χ4v) is 4.26. The third kappa shape index (κ3) is 4.87. The summed E-state index contributed by atoms with van der Waals surface area (Å²) < 4.78 is 5.80. The van der Waals surface area contributed by atoms with Gasteiger partial charge in [-0.15, -0.1) is 0 Å². The van der Waals surface area contributed by atoms with Crippen molar-refractivity contribution in [3.63, 3.8) is 0 Å². The minimum Gasteiger partial charge on any atom is -0.457 e. The molecule has 1 N–H and O–H groups in total. The predicted octanol–water partition coefficient (Wildman–Crippen LogP) is 5.44. The first kappa shape index (κ1) is 23.3. The Hall–Kier alpha value is -3.91. The normalized spacial score (nSPS) is 14.7. The van der Waals surface area contributed by atoms with Crippen LogP contribution in [-0.4, -0.2) is 34.3 Å². The standard InChI is InChI=1S/C26H22N2O5S/c1-15-5-4-6-21(16(15)2)27-24(30)14-28-25(31)23(34-26(28)32)13-20-11-12-22(33-20)19-9-7-18(8-10-19)17(3)29/h4-13H,14H2,1-3H3,(H,27,30)/b23-13+. The molecule has 0 aliphatic carbocycles. The number of nitrogens with zero attached hydrogens (tertiary/aromatic N) is 1. The average molecular weight is 475 g/mol. The van der Waals surface area contributed by atoms with Crippen molar-refractivity contribution >= 4 is 46.4 Å². The maximum Gasteiger partial charge on any atom is 0.294 e. The largest absolute Gasteiger partial charge is 0.457 e. The number of hydrogen-bond donors (Lipinski definition) is 1. The molecule has 2 heterocycles. The molecule has 34 heavy (non-hydrogen) atoms. The molecule has 3 amide bonds. The van der Waals surface area contributed by atoms with Crippen LogP contribution in [0.25, 0.3) is 17.4 Å². The first-order valence-electron chi connectivity index (χ1n) is 10.6. The zero-order valence-electron chi connectivity index (χ0n) is 18.9. The lowest BCUT2D eigenvalue weighted by Gasteiger charge is -2.14. The van der Waals surface area contributed by atoms with Gasteiger partial charge in [0, 0.05) is 22.9 Å². The second-order valence-corrected chi connectivity index (χ2v) is 8.89. The molecule has 0 unspecified atom stereocenters. The van der Waals surface area contributed by atoms with Crippen LogP contribution >= 0.6 is 11.8 Å². The Balaban J connectivity index is 1.45. The molecule has 0 bridgehead atoms. The second-order valence-electron chi connectivity index (χ2n) is 7.90.